The number of carbonyl (C=O) groups is 2. The zero-order valence-electron chi connectivity index (χ0n) is 14.9. The normalized spacial score (nSPS) is 22.1. The number of carbonyl (C=O) groups excluding carboxylic acids is 2. The summed E-state index contributed by atoms with van der Waals surface area (Å²) < 4.78 is 0. The standard InChI is InChI=1S/C20H29N3O2/c24-19-11-10-18(22-19)20(25)21-14-16-6-8-17(9-7-16)15-23-12-4-2-1-3-5-13-23/h6-9,18H,1-5,10-15H2,(H,21,25)(H,22,24)/t18-/m0/s1. The Bertz CT molecular complexity index is 577. The second-order valence-electron chi connectivity index (χ2n) is 7.24. The van der Waals surface area contributed by atoms with Crippen molar-refractivity contribution in [1.29, 1.82) is 0 Å². The van der Waals surface area contributed by atoms with Gasteiger partial charge in [0.1, 0.15) is 6.04 Å². The second-order valence-corrected chi connectivity index (χ2v) is 7.24. The van der Waals surface area contributed by atoms with Crippen LogP contribution in [0.3, 0.4) is 0 Å². The molecule has 2 heterocycles. The maximum atomic E-state index is 12.0. The molecule has 5 nitrogen and oxygen atoms in total. The van der Waals surface area contributed by atoms with E-state index in [-0.39, 0.29) is 17.9 Å². The lowest BCUT2D eigenvalue weighted by Crippen LogP contribution is -2.41. The Kier molecular flexibility index (Phi) is 6.45. The van der Waals surface area contributed by atoms with Crippen LogP contribution in [0, 0.1) is 0 Å². The van der Waals surface area contributed by atoms with E-state index in [4.69, 9.17) is 0 Å². The Morgan fingerprint density at radius 2 is 1.68 bits per heavy atom. The van der Waals surface area contributed by atoms with Crippen molar-refractivity contribution < 1.29 is 9.59 Å². The van der Waals surface area contributed by atoms with Gasteiger partial charge in [0.05, 0.1) is 0 Å². The van der Waals surface area contributed by atoms with E-state index >= 15 is 0 Å². The van der Waals surface area contributed by atoms with Crippen molar-refractivity contribution in [1.82, 2.24) is 15.5 Å². The fraction of sp³-hybridized carbons (Fsp3) is 0.600. The molecule has 1 atom stereocenters. The summed E-state index contributed by atoms with van der Waals surface area (Å²) in [6.45, 7) is 3.92. The van der Waals surface area contributed by atoms with E-state index in [9.17, 15) is 9.59 Å². The van der Waals surface area contributed by atoms with E-state index in [1.54, 1.807) is 0 Å². The van der Waals surface area contributed by atoms with Gasteiger partial charge in [0.2, 0.25) is 11.8 Å². The second kappa shape index (κ2) is 8.99. The van der Waals surface area contributed by atoms with Gasteiger partial charge in [-0.1, -0.05) is 43.5 Å². The number of likely N-dealkylation sites (tertiary alicyclic amines) is 1. The highest BCUT2D eigenvalue weighted by Crippen LogP contribution is 2.14. The van der Waals surface area contributed by atoms with Gasteiger partial charge >= 0.3 is 0 Å². The largest absolute Gasteiger partial charge is 0.350 e. The highest BCUT2D eigenvalue weighted by Gasteiger charge is 2.26. The molecular formula is C20H29N3O2. The summed E-state index contributed by atoms with van der Waals surface area (Å²) in [6.07, 6.45) is 7.76. The number of hydrogen-bond acceptors (Lipinski definition) is 3. The van der Waals surface area contributed by atoms with Crippen LogP contribution in [0.4, 0.5) is 0 Å². The quantitative estimate of drug-likeness (QED) is 0.863. The summed E-state index contributed by atoms with van der Waals surface area (Å²) in [4.78, 5) is 25.8. The van der Waals surface area contributed by atoms with Gasteiger partial charge in [0.25, 0.3) is 0 Å². The van der Waals surface area contributed by atoms with Crippen molar-refractivity contribution in [2.45, 2.75) is 64.1 Å². The first-order valence-corrected chi connectivity index (χ1v) is 9.58. The molecule has 0 unspecified atom stereocenters. The molecule has 0 bridgehead atoms. The minimum absolute atomic E-state index is 0.0336. The molecule has 2 fully saturated rings. The molecule has 25 heavy (non-hydrogen) atoms. The number of nitrogens with zero attached hydrogens (tertiary/aromatic N) is 1. The van der Waals surface area contributed by atoms with Crippen molar-refractivity contribution in [3.05, 3.63) is 35.4 Å². The summed E-state index contributed by atoms with van der Waals surface area (Å²) in [5, 5.41) is 5.61. The van der Waals surface area contributed by atoms with Crippen LogP contribution in [0.5, 0.6) is 0 Å². The third kappa shape index (κ3) is 5.56. The van der Waals surface area contributed by atoms with Gasteiger partial charge in [-0.25, -0.2) is 0 Å². The van der Waals surface area contributed by atoms with Crippen LogP contribution >= 0.6 is 0 Å². The third-order valence-corrected chi connectivity index (χ3v) is 5.16. The van der Waals surface area contributed by atoms with Gasteiger partial charge < -0.3 is 10.6 Å². The summed E-state index contributed by atoms with van der Waals surface area (Å²) in [7, 11) is 0. The number of hydrogen-bond donors (Lipinski definition) is 2. The fourth-order valence-corrected chi connectivity index (χ4v) is 3.61. The average molecular weight is 343 g/mol. The van der Waals surface area contributed by atoms with E-state index in [0.717, 1.165) is 12.1 Å². The Labute approximate surface area is 150 Å². The summed E-state index contributed by atoms with van der Waals surface area (Å²) >= 11 is 0. The molecule has 1 aromatic rings. The van der Waals surface area contributed by atoms with Crippen LogP contribution in [0.2, 0.25) is 0 Å². The van der Waals surface area contributed by atoms with Crippen LogP contribution < -0.4 is 10.6 Å². The molecule has 2 aliphatic heterocycles. The van der Waals surface area contributed by atoms with Gasteiger partial charge in [0, 0.05) is 19.5 Å². The van der Waals surface area contributed by atoms with Gasteiger partial charge in [-0.3, -0.25) is 14.5 Å². The van der Waals surface area contributed by atoms with Gasteiger partial charge in [0.15, 0.2) is 0 Å². The van der Waals surface area contributed by atoms with Crippen molar-refractivity contribution >= 4 is 11.8 Å². The van der Waals surface area contributed by atoms with Crippen LogP contribution in [0.15, 0.2) is 24.3 Å². The number of amides is 2. The molecule has 2 N–H and O–H groups in total. The van der Waals surface area contributed by atoms with Gasteiger partial charge in [-0.2, -0.15) is 0 Å². The third-order valence-electron chi connectivity index (χ3n) is 5.16. The molecule has 3 rings (SSSR count). The van der Waals surface area contributed by atoms with Crippen LogP contribution in [-0.4, -0.2) is 35.8 Å². The Morgan fingerprint density at radius 1 is 1.04 bits per heavy atom. The lowest BCUT2D eigenvalue weighted by Gasteiger charge is -2.24. The molecular weight excluding hydrogens is 314 g/mol. The maximum absolute atomic E-state index is 12.0. The molecule has 0 saturated carbocycles. The Balaban J connectivity index is 1.45. The van der Waals surface area contributed by atoms with E-state index < -0.39 is 0 Å². The minimum Gasteiger partial charge on any atom is -0.350 e. The van der Waals surface area contributed by atoms with E-state index in [2.05, 4.69) is 39.8 Å². The lowest BCUT2D eigenvalue weighted by atomic mass is 10.1. The van der Waals surface area contributed by atoms with Crippen molar-refractivity contribution in [2.75, 3.05) is 13.1 Å². The zero-order chi connectivity index (χ0) is 17.5. The summed E-state index contributed by atoms with van der Waals surface area (Å²) in [5.74, 6) is -0.121. The molecule has 0 aliphatic carbocycles. The molecule has 0 aromatic heterocycles. The predicted octanol–water partition coefficient (Wildman–Crippen LogP) is 2.35. The predicted molar refractivity (Wildman–Crippen MR) is 97.8 cm³/mol. The topological polar surface area (TPSA) is 61.4 Å². The maximum Gasteiger partial charge on any atom is 0.242 e. The number of benzene rings is 1. The highest BCUT2D eigenvalue weighted by molar-refractivity contribution is 5.90. The lowest BCUT2D eigenvalue weighted by molar-refractivity contribution is -0.125. The number of rotatable bonds is 5. The first-order valence-electron chi connectivity index (χ1n) is 9.58. The fourth-order valence-electron chi connectivity index (χ4n) is 3.61. The number of nitrogens with one attached hydrogen (secondary N) is 2. The van der Waals surface area contributed by atoms with Crippen LogP contribution in [0.1, 0.15) is 56.1 Å². The molecule has 0 spiro atoms. The molecule has 2 saturated heterocycles. The van der Waals surface area contributed by atoms with E-state index in [1.807, 2.05) is 0 Å². The minimum atomic E-state index is -0.362. The van der Waals surface area contributed by atoms with E-state index in [0.29, 0.717) is 19.4 Å². The first kappa shape index (κ1) is 17.9. The molecule has 1 aromatic carbocycles. The smallest absolute Gasteiger partial charge is 0.242 e. The van der Waals surface area contributed by atoms with Gasteiger partial charge in [-0.15, -0.1) is 0 Å². The zero-order valence-corrected chi connectivity index (χ0v) is 14.9. The first-order chi connectivity index (χ1) is 12.2. The van der Waals surface area contributed by atoms with Crippen LogP contribution in [0.25, 0.3) is 0 Å². The van der Waals surface area contributed by atoms with Crippen LogP contribution in [-0.2, 0) is 22.7 Å². The molecule has 2 aliphatic rings. The van der Waals surface area contributed by atoms with Crippen molar-refractivity contribution in [2.24, 2.45) is 0 Å². The SMILES string of the molecule is O=C1CC[C@@H](C(=O)NCc2ccc(CN3CCCCCCC3)cc2)N1. The van der Waals surface area contributed by atoms with Gasteiger partial charge in [-0.05, 0) is 43.5 Å². The molecule has 5 heteroatoms. The van der Waals surface area contributed by atoms with E-state index in [1.165, 1.54) is 50.8 Å². The Hall–Kier alpha value is -1.88. The monoisotopic (exact) mass is 343 g/mol. The molecule has 2 amide bonds. The molecule has 0 radical (unpaired) electrons. The summed E-state index contributed by atoms with van der Waals surface area (Å²) in [6, 6.07) is 8.15. The van der Waals surface area contributed by atoms with Crippen molar-refractivity contribution in [3.63, 3.8) is 0 Å². The average Bonchev–Trinajstić information content (AvgIpc) is 3.03. The van der Waals surface area contributed by atoms with Crippen molar-refractivity contribution in [3.8, 4) is 0 Å². The highest BCUT2D eigenvalue weighted by atomic mass is 16.2. The summed E-state index contributed by atoms with van der Waals surface area (Å²) in [5.41, 5.74) is 2.42. The Morgan fingerprint density at radius 3 is 2.32 bits per heavy atom. The molecule has 136 valence electrons.